The van der Waals surface area contributed by atoms with Crippen LogP contribution >= 0.6 is 30.5 Å². The van der Waals surface area contributed by atoms with Gasteiger partial charge in [-0.15, -0.1) is 11.3 Å². The molecule has 0 aliphatic carbocycles. The maximum absolute atomic E-state index is 14.4. The number of carbonyl (C=O) groups is 9. The number of benzene rings is 3. The molecule has 8 amide bonds. The third-order valence-electron chi connectivity index (χ3n) is 14.6. The Hall–Kier alpha value is -7.54. The zero-order valence-electron chi connectivity index (χ0n) is 52.7. The molecule has 27 heteroatoms. The minimum atomic E-state index is -5.06. The molecule has 24 nitrogen and oxygen atoms in total. The normalized spacial score (nSPS) is 17.3. The lowest BCUT2D eigenvalue weighted by Gasteiger charge is -2.38. The number of ether oxygens (including phenoxy) is 1. The van der Waals surface area contributed by atoms with Crippen LogP contribution < -0.4 is 32.2 Å². The number of thiazole rings is 1. The molecule has 5 heterocycles. The zero-order chi connectivity index (χ0) is 67.0. The number of aryl methyl sites for hydroxylation is 2. The third-order valence-corrected chi connectivity index (χ3v) is 16.8. The molecule has 2 aromatic heterocycles. The largest absolute Gasteiger partial charge is 0.490 e. The minimum absolute atomic E-state index is 0.0316. The van der Waals surface area contributed by atoms with Crippen LogP contribution in [0.4, 0.5) is 0 Å². The molecule has 3 aliphatic heterocycles. The number of hydrogen-bond donors (Lipinski definition) is 9. The smallest absolute Gasteiger partial charge is 0.396 e. The zero-order valence-corrected chi connectivity index (χ0v) is 55.2. The quantitative estimate of drug-likeness (QED) is 0.0266. The van der Waals surface area contributed by atoms with Crippen molar-refractivity contribution in [2.24, 2.45) is 16.9 Å². The van der Waals surface area contributed by atoms with E-state index in [1.165, 1.54) is 51.4 Å². The maximum atomic E-state index is 14.4. The van der Waals surface area contributed by atoms with Gasteiger partial charge in [-0.3, -0.25) is 47.7 Å². The number of aromatic amines is 1. The molecule has 5 unspecified atom stereocenters. The molecule has 3 aromatic carbocycles. The first-order valence-corrected chi connectivity index (χ1v) is 33.0. The number of fused-ring (bicyclic) bond motifs is 2. The number of aromatic nitrogens is 2. The van der Waals surface area contributed by atoms with Crippen molar-refractivity contribution >= 4 is 94.7 Å². The van der Waals surface area contributed by atoms with Crippen LogP contribution in [0.1, 0.15) is 151 Å². The topological polar surface area (TPSA) is 367 Å². The van der Waals surface area contributed by atoms with E-state index in [1.54, 1.807) is 34.4 Å². The molecule has 0 spiro atoms. The predicted octanol–water partition coefficient (Wildman–Crippen LogP) is 6.92. The van der Waals surface area contributed by atoms with Crippen LogP contribution in [0.25, 0.3) is 21.3 Å². The fourth-order valence-electron chi connectivity index (χ4n) is 10.2. The van der Waals surface area contributed by atoms with Gasteiger partial charge in [0.05, 0.1) is 33.3 Å². The SMILES string of the molecule is CC.CC.CC(=O)N1CCC2CCC(C(=O)NC(CCC(N)=O)COc3cccc(CCCC(N)=O)c3Cl)N2C(=O)C(NC(=O)c2cc3cc(C(=O)P(=O)(O)O)ccc3[nH]2)C1.CC(C)(C)CC(=O)N1CCC(O)C1.Cc1ncsc1-c1ccc(CNC=O)cc1. The number of primary amides is 2. The van der Waals surface area contributed by atoms with Gasteiger partial charge in [0.15, 0.2) is 0 Å². The van der Waals surface area contributed by atoms with Gasteiger partial charge in [-0.1, -0.05) is 96.5 Å². The van der Waals surface area contributed by atoms with Crippen LogP contribution in [-0.2, 0) is 51.1 Å². The van der Waals surface area contributed by atoms with Crippen molar-refractivity contribution in [3.8, 4) is 16.2 Å². The van der Waals surface area contributed by atoms with Crippen molar-refractivity contribution in [2.75, 3.05) is 32.8 Å². The van der Waals surface area contributed by atoms with Crippen molar-refractivity contribution in [2.45, 2.75) is 163 Å². The van der Waals surface area contributed by atoms with Gasteiger partial charge in [0.1, 0.15) is 30.1 Å². The summed E-state index contributed by atoms with van der Waals surface area (Å²) in [5.41, 5.74) is 15.4. The molecule has 0 radical (unpaired) electrons. The van der Waals surface area contributed by atoms with Gasteiger partial charge < -0.3 is 66.7 Å². The number of rotatable bonds is 21. The van der Waals surface area contributed by atoms with Gasteiger partial charge >= 0.3 is 7.60 Å². The molecule has 3 saturated heterocycles. The molecule has 0 saturated carbocycles. The number of nitrogens with two attached hydrogens (primary N) is 2. The molecular formula is C63H88ClN10O14PS. The highest BCUT2D eigenvalue weighted by molar-refractivity contribution is 7.70. The van der Waals surface area contributed by atoms with Gasteiger partial charge in [-0.25, -0.2) is 4.98 Å². The monoisotopic (exact) mass is 1310 g/mol. The lowest BCUT2D eigenvalue weighted by Crippen LogP contribution is -2.61. The fraction of sp³-hybridized carbons (Fsp3) is 0.492. The van der Waals surface area contributed by atoms with Crippen molar-refractivity contribution in [1.82, 2.24) is 40.6 Å². The molecule has 3 aliphatic rings. The van der Waals surface area contributed by atoms with E-state index in [4.69, 9.17) is 27.8 Å². The van der Waals surface area contributed by atoms with Gasteiger partial charge in [-0.05, 0) is 104 Å². The number of H-pyrrole nitrogens is 1. The Morgan fingerprint density at radius 3 is 2.18 bits per heavy atom. The summed E-state index contributed by atoms with van der Waals surface area (Å²) in [4.78, 5) is 143. The van der Waals surface area contributed by atoms with E-state index >= 15 is 0 Å². The van der Waals surface area contributed by atoms with E-state index in [2.05, 4.69) is 58.8 Å². The Labute approximate surface area is 534 Å². The molecule has 11 N–H and O–H groups in total. The summed E-state index contributed by atoms with van der Waals surface area (Å²) in [6, 6.07) is 15.1. The van der Waals surface area contributed by atoms with Crippen molar-refractivity contribution in [1.29, 1.82) is 0 Å². The Morgan fingerprint density at radius 2 is 1.59 bits per heavy atom. The van der Waals surface area contributed by atoms with Gasteiger partial charge in [0.2, 0.25) is 41.9 Å². The number of nitrogens with zero attached hydrogens (tertiary/aromatic N) is 4. The molecular weight excluding hydrogens is 1220 g/mol. The van der Waals surface area contributed by atoms with E-state index in [0.717, 1.165) is 29.8 Å². The second-order valence-electron chi connectivity index (χ2n) is 22.7. The standard InChI is InChI=1S/C37H45ClN7O11P.C12H12N2OS.C10H19NO2.2C2H6/c1-20(46)44-15-14-25-10-12-29(35(50)41-24(9-13-32(40)48)19-56-30-6-2-4-21(33(30)38)5-3-7-31(39)47)45(25)36(51)28(18-44)43-34(49)27-17-23-16-22(8-11-26(23)42-27)37(52)57(53,54)55;1-9-12(16-8-14-9)11-4-2-10(3-5-11)6-13-7-15;1-10(2,3)6-9(13)11-5-4-8(12)7-11;2*1-2/h2,4,6,8,11,16-17,24-25,28-29,42H,3,5,7,9-10,12-15,18-19H2,1H3,(H2,39,47)(H2,40,48)(H,41,50)(H,43,49)(H2,53,54,55);2-5,7-8H,6H2,1H3,(H,13,15);8,12H,4-7H2,1-3H3;2*1-2H3. The van der Waals surface area contributed by atoms with E-state index < -0.39 is 66.8 Å². The van der Waals surface area contributed by atoms with Gasteiger partial charge in [0, 0.05) is 81.4 Å². The first-order chi connectivity index (χ1) is 42.6. The van der Waals surface area contributed by atoms with E-state index in [0.29, 0.717) is 73.3 Å². The Morgan fingerprint density at radius 1 is 0.911 bits per heavy atom. The third kappa shape index (κ3) is 22.7. The molecule has 5 aromatic rings. The summed E-state index contributed by atoms with van der Waals surface area (Å²) in [6.07, 6.45) is 4.01. The van der Waals surface area contributed by atoms with Crippen molar-refractivity contribution < 1.29 is 67.3 Å². The summed E-state index contributed by atoms with van der Waals surface area (Å²) >= 11 is 8.24. The van der Waals surface area contributed by atoms with Crippen LogP contribution in [0.5, 0.6) is 5.75 Å². The second-order valence-corrected chi connectivity index (χ2v) is 25.4. The lowest BCUT2D eigenvalue weighted by molar-refractivity contribution is -0.145. The van der Waals surface area contributed by atoms with Gasteiger partial charge in [0.25, 0.3) is 11.4 Å². The Balaban J connectivity index is 0.000000422. The van der Waals surface area contributed by atoms with Crippen LogP contribution in [-0.4, -0.2) is 156 Å². The second kappa shape index (κ2) is 35.7. The van der Waals surface area contributed by atoms with E-state index in [9.17, 15) is 62.6 Å². The predicted molar refractivity (Wildman–Crippen MR) is 345 cm³/mol. The summed E-state index contributed by atoms with van der Waals surface area (Å²) in [5, 5.41) is 18.1. The van der Waals surface area contributed by atoms with Crippen LogP contribution in [0, 0.1) is 12.3 Å². The lowest BCUT2D eigenvalue weighted by atomic mass is 9.92. The minimum Gasteiger partial charge on any atom is -0.490 e. The molecule has 0 bridgehead atoms. The van der Waals surface area contributed by atoms with Crippen LogP contribution in [0.3, 0.4) is 0 Å². The number of amides is 8. The highest BCUT2D eigenvalue weighted by atomic mass is 35.5. The highest BCUT2D eigenvalue weighted by Gasteiger charge is 2.46. The van der Waals surface area contributed by atoms with Crippen LogP contribution in [0.2, 0.25) is 5.02 Å². The number of hydrogen-bond acceptors (Lipinski definition) is 14. The maximum Gasteiger partial charge on any atom is 0.396 e. The first kappa shape index (κ1) is 74.9. The number of aliphatic hydroxyl groups is 1. The summed E-state index contributed by atoms with van der Waals surface area (Å²) in [6.45, 7) is 19.3. The van der Waals surface area contributed by atoms with Crippen molar-refractivity contribution in [3.05, 3.63) is 105 Å². The number of likely N-dealkylation sites (tertiary alicyclic amines) is 1. The van der Waals surface area contributed by atoms with E-state index in [-0.39, 0.29) is 80.0 Å². The van der Waals surface area contributed by atoms with E-state index in [1.807, 2.05) is 52.3 Å². The molecule has 90 heavy (non-hydrogen) atoms. The Bertz CT molecular complexity index is 3310. The molecule has 8 rings (SSSR count). The Kier molecular flexibility index (Phi) is 29.8. The molecule has 5 atom stereocenters. The summed E-state index contributed by atoms with van der Waals surface area (Å²) in [5.74, 6) is -2.69. The number of halogens is 1. The highest BCUT2D eigenvalue weighted by Crippen LogP contribution is 2.40. The van der Waals surface area contributed by atoms with Crippen molar-refractivity contribution in [3.63, 3.8) is 0 Å². The van der Waals surface area contributed by atoms with Crippen LogP contribution in [0.15, 0.2) is 72.2 Å². The molecule has 3 fully saturated rings. The number of aliphatic hydroxyl groups excluding tert-OH is 1. The average molecular weight is 1310 g/mol. The summed E-state index contributed by atoms with van der Waals surface area (Å²) < 4.78 is 17.5. The fourth-order valence-corrected chi connectivity index (χ4v) is 11.7. The van der Waals surface area contributed by atoms with Gasteiger partial charge in [-0.2, -0.15) is 0 Å². The number of carbonyl (C=O) groups excluding carboxylic acids is 9. The first-order valence-electron chi connectivity index (χ1n) is 30.1. The summed E-state index contributed by atoms with van der Waals surface area (Å²) in [7, 11) is -5.06. The number of β-amino-alcohol motifs (C(OH)–C–C–N with tert-alkyl or cyclic N) is 1. The number of nitrogens with one attached hydrogen (secondary N) is 4. The average Bonchev–Trinajstić information content (AvgIpc) is 1.71. The molecule has 492 valence electrons.